The van der Waals surface area contributed by atoms with E-state index in [2.05, 4.69) is 34.7 Å². The summed E-state index contributed by atoms with van der Waals surface area (Å²) in [5.41, 5.74) is 11.2. The van der Waals surface area contributed by atoms with Gasteiger partial charge in [0.05, 0.1) is 31.2 Å². The Kier molecular flexibility index (Phi) is 25.5. The predicted molar refractivity (Wildman–Crippen MR) is 149 cm³/mol. The van der Waals surface area contributed by atoms with E-state index in [-0.39, 0.29) is 67.2 Å². The molecule has 1 atom stereocenters. The van der Waals surface area contributed by atoms with Gasteiger partial charge in [0, 0.05) is 33.9 Å². The average molecular weight is 535 g/mol. The number of nitrogens with two attached hydrogens (primary N) is 2. The molecule has 0 rings (SSSR count). The molecule has 8 N–H and O–H groups in total. The predicted octanol–water partition coefficient (Wildman–Crippen LogP) is 1.14. The molecule has 0 saturated carbocycles. The first-order valence-corrected chi connectivity index (χ1v) is 12.6. The van der Waals surface area contributed by atoms with E-state index in [1.165, 1.54) is 0 Å². The van der Waals surface area contributed by atoms with Gasteiger partial charge in [0.25, 0.3) is 0 Å². The highest BCUT2D eigenvalue weighted by atomic mass is 16.5. The first kappa shape index (κ1) is 39.2. The summed E-state index contributed by atoms with van der Waals surface area (Å²) in [4.78, 5) is 23.4. The molecule has 37 heavy (non-hydrogen) atoms. The maximum atomic E-state index is 11.8. The molecule has 0 aliphatic rings. The summed E-state index contributed by atoms with van der Waals surface area (Å²) >= 11 is 0. The molecule has 0 aliphatic heterocycles. The van der Waals surface area contributed by atoms with E-state index in [0.717, 1.165) is 13.5 Å². The van der Waals surface area contributed by atoms with Crippen molar-refractivity contribution in [3.8, 4) is 0 Å². The fourth-order valence-electron chi connectivity index (χ4n) is 2.29. The molecule has 0 radical (unpaired) electrons. The fourth-order valence-corrected chi connectivity index (χ4v) is 2.29. The van der Waals surface area contributed by atoms with Crippen molar-refractivity contribution in [3.05, 3.63) is 0 Å². The third-order valence-corrected chi connectivity index (χ3v) is 4.67. The molecule has 2 amide bonds. The molecular formula is C25H54N6O6. The number of amides is 2. The standard InChI is InChI=1S/C18H36N6O3.C6H14O2.CH4O/c1-12(2)6-7-27-14(5)9-18(26)22-11-16(20)24-23-15(19)10-21-17(25)8-13(3)4;1-6(2,8-3)4-5-7;1-2/h12-14H,6-11H2,1-5H3,(H2,19,23)(H2,20,24)(H,21,25)(H,22,26);7H,4-5H2,1-3H3;2H,1H3. The van der Waals surface area contributed by atoms with Crippen molar-refractivity contribution in [2.45, 2.75) is 85.9 Å². The Morgan fingerprint density at radius 1 is 0.892 bits per heavy atom. The molecule has 1 unspecified atom stereocenters. The van der Waals surface area contributed by atoms with Crippen molar-refractivity contribution in [1.29, 1.82) is 0 Å². The summed E-state index contributed by atoms with van der Waals surface area (Å²) in [6, 6.07) is 0. The zero-order chi connectivity index (χ0) is 29.4. The minimum absolute atomic E-state index is 0.0635. The van der Waals surface area contributed by atoms with E-state index in [1.54, 1.807) is 7.11 Å². The highest BCUT2D eigenvalue weighted by Crippen LogP contribution is 2.10. The van der Waals surface area contributed by atoms with Crippen LogP contribution in [0.5, 0.6) is 0 Å². The first-order chi connectivity index (χ1) is 17.2. The van der Waals surface area contributed by atoms with E-state index in [1.807, 2.05) is 34.6 Å². The molecule has 0 aromatic carbocycles. The molecule has 0 bridgehead atoms. The summed E-state index contributed by atoms with van der Waals surface area (Å²) in [5, 5.41) is 28.2. The van der Waals surface area contributed by atoms with E-state index in [4.69, 9.17) is 31.2 Å². The summed E-state index contributed by atoms with van der Waals surface area (Å²) in [5.74, 6) is 0.809. The molecule has 220 valence electrons. The Morgan fingerprint density at radius 3 is 1.70 bits per heavy atom. The van der Waals surface area contributed by atoms with Gasteiger partial charge in [-0.2, -0.15) is 0 Å². The maximum absolute atomic E-state index is 11.8. The third kappa shape index (κ3) is 29.8. The number of amidine groups is 2. The SMILES string of the molecule is CC(C)CCOC(C)CC(=O)NC/C(N)=N/N=C(\N)CNC(=O)CC(C)C.CO.COC(C)(C)CCO. The van der Waals surface area contributed by atoms with Gasteiger partial charge in [-0.3, -0.25) is 9.59 Å². The number of carbonyl (C=O) groups is 2. The van der Waals surface area contributed by atoms with Crippen LogP contribution in [0, 0.1) is 11.8 Å². The normalized spacial score (nSPS) is 12.8. The number of aliphatic hydroxyl groups is 2. The van der Waals surface area contributed by atoms with Crippen LogP contribution in [0.3, 0.4) is 0 Å². The summed E-state index contributed by atoms with van der Waals surface area (Å²) in [7, 11) is 2.65. The van der Waals surface area contributed by atoms with E-state index < -0.39 is 0 Å². The van der Waals surface area contributed by atoms with Crippen LogP contribution >= 0.6 is 0 Å². The van der Waals surface area contributed by atoms with Crippen LogP contribution < -0.4 is 22.1 Å². The number of aliphatic hydroxyl groups excluding tert-OH is 2. The van der Waals surface area contributed by atoms with Crippen LogP contribution in [0.2, 0.25) is 0 Å². The van der Waals surface area contributed by atoms with Crippen LogP contribution in [0.1, 0.15) is 74.1 Å². The Morgan fingerprint density at radius 2 is 1.35 bits per heavy atom. The Hall–Kier alpha value is -2.28. The number of carbonyl (C=O) groups excluding carboxylic acids is 2. The van der Waals surface area contributed by atoms with Gasteiger partial charge >= 0.3 is 0 Å². The molecule has 0 saturated heterocycles. The van der Waals surface area contributed by atoms with Gasteiger partial charge in [-0.05, 0) is 45.4 Å². The monoisotopic (exact) mass is 534 g/mol. The van der Waals surface area contributed by atoms with Gasteiger partial charge < -0.3 is 41.8 Å². The molecule has 0 fully saturated rings. The molecular weight excluding hydrogens is 480 g/mol. The number of nitrogens with one attached hydrogen (secondary N) is 2. The van der Waals surface area contributed by atoms with Gasteiger partial charge in [0.1, 0.15) is 11.7 Å². The van der Waals surface area contributed by atoms with E-state index in [9.17, 15) is 9.59 Å². The lowest BCUT2D eigenvalue weighted by molar-refractivity contribution is -0.123. The topological polar surface area (TPSA) is 194 Å². The van der Waals surface area contributed by atoms with Gasteiger partial charge in [-0.1, -0.05) is 27.7 Å². The molecule has 0 heterocycles. The highest BCUT2D eigenvalue weighted by molar-refractivity contribution is 5.90. The van der Waals surface area contributed by atoms with Crippen LogP contribution in [0.4, 0.5) is 0 Å². The third-order valence-electron chi connectivity index (χ3n) is 4.67. The number of rotatable bonds is 16. The second kappa shape index (κ2) is 24.1. The first-order valence-electron chi connectivity index (χ1n) is 12.6. The average Bonchev–Trinajstić information content (AvgIpc) is 2.81. The summed E-state index contributed by atoms with van der Waals surface area (Å²) in [6.45, 7) is 14.9. The van der Waals surface area contributed by atoms with Crippen LogP contribution in [-0.2, 0) is 19.1 Å². The molecule has 0 aromatic rings. The molecule has 0 aromatic heterocycles. The van der Waals surface area contributed by atoms with Gasteiger partial charge in [-0.15, -0.1) is 10.2 Å². The quantitative estimate of drug-likeness (QED) is 0.0963. The lowest BCUT2D eigenvalue weighted by Gasteiger charge is -2.20. The molecule has 0 spiro atoms. The minimum Gasteiger partial charge on any atom is -0.400 e. The molecule has 0 aliphatic carbocycles. The lowest BCUT2D eigenvalue weighted by atomic mass is 10.1. The number of hydrogen-bond acceptors (Lipinski definition) is 8. The van der Waals surface area contributed by atoms with Crippen LogP contribution in [0.15, 0.2) is 10.2 Å². The molecule has 12 heteroatoms. The largest absolute Gasteiger partial charge is 0.400 e. The van der Waals surface area contributed by atoms with Crippen LogP contribution in [-0.4, -0.2) is 85.9 Å². The molecule has 12 nitrogen and oxygen atoms in total. The second-order valence-corrected chi connectivity index (χ2v) is 9.84. The highest BCUT2D eigenvalue weighted by Gasteiger charge is 2.14. The number of nitrogens with zero attached hydrogens (tertiary/aromatic N) is 2. The summed E-state index contributed by atoms with van der Waals surface area (Å²) in [6.07, 6.45) is 2.17. The Bertz CT molecular complexity index is 654. The van der Waals surface area contributed by atoms with Crippen molar-refractivity contribution < 1.29 is 29.3 Å². The van der Waals surface area contributed by atoms with Crippen molar-refractivity contribution >= 4 is 23.5 Å². The van der Waals surface area contributed by atoms with Crippen LogP contribution in [0.25, 0.3) is 0 Å². The van der Waals surface area contributed by atoms with E-state index >= 15 is 0 Å². The zero-order valence-electron chi connectivity index (χ0n) is 24.5. The second-order valence-electron chi connectivity index (χ2n) is 9.84. The smallest absolute Gasteiger partial charge is 0.222 e. The van der Waals surface area contributed by atoms with Gasteiger partial charge in [0.15, 0.2) is 0 Å². The van der Waals surface area contributed by atoms with Crippen molar-refractivity contribution in [1.82, 2.24) is 10.6 Å². The van der Waals surface area contributed by atoms with Crippen molar-refractivity contribution in [3.63, 3.8) is 0 Å². The lowest BCUT2D eigenvalue weighted by Crippen LogP contribution is -2.36. The Labute approximate surface area is 223 Å². The number of methoxy groups -OCH3 is 1. The van der Waals surface area contributed by atoms with Crippen molar-refractivity contribution in [2.24, 2.45) is 33.5 Å². The Balaban J connectivity index is -0.000000976. The number of hydrogen-bond donors (Lipinski definition) is 6. The maximum Gasteiger partial charge on any atom is 0.222 e. The van der Waals surface area contributed by atoms with Gasteiger partial charge in [-0.25, -0.2) is 0 Å². The zero-order valence-corrected chi connectivity index (χ0v) is 24.5. The van der Waals surface area contributed by atoms with E-state index in [0.29, 0.717) is 25.4 Å². The number of ether oxygens (including phenoxy) is 2. The summed E-state index contributed by atoms with van der Waals surface area (Å²) < 4.78 is 10.6. The fraction of sp³-hybridized carbons (Fsp3) is 0.840. The van der Waals surface area contributed by atoms with Gasteiger partial charge in [0.2, 0.25) is 11.8 Å². The minimum atomic E-state index is -0.178. The van der Waals surface area contributed by atoms with Crippen molar-refractivity contribution in [2.75, 3.05) is 40.5 Å².